The summed E-state index contributed by atoms with van der Waals surface area (Å²) in [6.45, 7) is 1.83. The molecular weight excluding hydrogens is 242 g/mol. The van der Waals surface area contributed by atoms with E-state index in [1.165, 1.54) is 6.07 Å². The Labute approximate surface area is 104 Å². The molecule has 0 saturated heterocycles. The molecule has 0 aliphatic carbocycles. The molecule has 1 aromatic rings. The highest BCUT2D eigenvalue weighted by molar-refractivity contribution is 5.97. The molecule has 100 valence electrons. The van der Waals surface area contributed by atoms with E-state index < -0.39 is 18.1 Å². The summed E-state index contributed by atoms with van der Waals surface area (Å²) in [6, 6.07) is 4.51. The van der Waals surface area contributed by atoms with Crippen molar-refractivity contribution in [2.45, 2.75) is 32.9 Å². The molecule has 0 aliphatic rings. The number of amides is 1. The van der Waals surface area contributed by atoms with Gasteiger partial charge in [-0.15, -0.1) is 0 Å². The first-order valence-electron chi connectivity index (χ1n) is 5.36. The van der Waals surface area contributed by atoms with Crippen LogP contribution in [0.15, 0.2) is 18.2 Å². The number of halogens is 2. The van der Waals surface area contributed by atoms with E-state index in [1.54, 1.807) is 32.9 Å². The average molecular weight is 258 g/mol. The van der Waals surface area contributed by atoms with Gasteiger partial charge in [0.25, 0.3) is 0 Å². The Morgan fingerprint density at radius 1 is 1.44 bits per heavy atom. The number of hydrogen-bond donors (Lipinski definition) is 2. The van der Waals surface area contributed by atoms with Crippen LogP contribution < -0.4 is 15.8 Å². The van der Waals surface area contributed by atoms with Crippen LogP contribution in [0.25, 0.3) is 0 Å². The van der Waals surface area contributed by atoms with Crippen molar-refractivity contribution in [1.82, 2.24) is 0 Å². The standard InChI is InChI=1S/C12H16F2N2O2/c1-7-4-5-8(6-9(7)18-11(13)14)16-10(17)12(2,3)15/h4-6,11H,15H2,1-3H3,(H,16,17). The van der Waals surface area contributed by atoms with Crippen molar-refractivity contribution in [2.75, 3.05) is 5.32 Å². The van der Waals surface area contributed by atoms with Gasteiger partial charge in [0.15, 0.2) is 0 Å². The van der Waals surface area contributed by atoms with Crippen molar-refractivity contribution in [2.24, 2.45) is 5.73 Å². The number of anilines is 1. The van der Waals surface area contributed by atoms with E-state index in [4.69, 9.17) is 5.73 Å². The summed E-state index contributed by atoms with van der Waals surface area (Å²) in [4.78, 5) is 11.6. The highest BCUT2D eigenvalue weighted by Gasteiger charge is 2.22. The Morgan fingerprint density at radius 2 is 2.06 bits per heavy atom. The van der Waals surface area contributed by atoms with Crippen LogP contribution in [-0.2, 0) is 4.79 Å². The van der Waals surface area contributed by atoms with E-state index in [0.717, 1.165) is 0 Å². The highest BCUT2D eigenvalue weighted by atomic mass is 19.3. The van der Waals surface area contributed by atoms with Gasteiger partial charge in [-0.1, -0.05) is 6.07 Å². The minimum atomic E-state index is -2.90. The summed E-state index contributed by atoms with van der Waals surface area (Å²) < 4.78 is 28.6. The first kappa shape index (κ1) is 14.4. The van der Waals surface area contributed by atoms with Crippen LogP contribution in [0.3, 0.4) is 0 Å². The van der Waals surface area contributed by atoms with Gasteiger partial charge in [-0.2, -0.15) is 8.78 Å². The number of ether oxygens (including phenoxy) is 1. The molecule has 0 atom stereocenters. The molecule has 4 nitrogen and oxygen atoms in total. The lowest BCUT2D eigenvalue weighted by atomic mass is 10.1. The van der Waals surface area contributed by atoms with Gasteiger partial charge in [-0.25, -0.2) is 0 Å². The fourth-order valence-corrected chi connectivity index (χ4v) is 1.19. The zero-order valence-corrected chi connectivity index (χ0v) is 10.5. The number of nitrogens with one attached hydrogen (secondary N) is 1. The maximum absolute atomic E-state index is 12.2. The molecule has 0 aliphatic heterocycles. The largest absolute Gasteiger partial charge is 0.434 e. The van der Waals surface area contributed by atoms with Gasteiger partial charge in [0.1, 0.15) is 5.75 Å². The quantitative estimate of drug-likeness (QED) is 0.870. The van der Waals surface area contributed by atoms with Gasteiger partial charge in [0, 0.05) is 11.8 Å². The molecule has 0 unspecified atom stereocenters. The van der Waals surface area contributed by atoms with Gasteiger partial charge in [0.05, 0.1) is 5.54 Å². The number of carbonyl (C=O) groups is 1. The minimum Gasteiger partial charge on any atom is -0.434 e. The van der Waals surface area contributed by atoms with Crippen molar-refractivity contribution < 1.29 is 18.3 Å². The molecule has 6 heteroatoms. The van der Waals surface area contributed by atoms with E-state index in [0.29, 0.717) is 11.3 Å². The van der Waals surface area contributed by atoms with Crippen LogP contribution in [0.2, 0.25) is 0 Å². The second-order valence-corrected chi connectivity index (χ2v) is 4.53. The first-order chi connectivity index (χ1) is 8.20. The van der Waals surface area contributed by atoms with Gasteiger partial charge in [-0.05, 0) is 32.4 Å². The molecule has 0 bridgehead atoms. The lowest BCUT2D eigenvalue weighted by molar-refractivity contribution is -0.120. The summed E-state index contributed by atoms with van der Waals surface area (Å²) in [5.74, 6) is -0.382. The Balaban J connectivity index is 2.89. The Morgan fingerprint density at radius 3 is 2.56 bits per heavy atom. The van der Waals surface area contributed by atoms with Gasteiger partial charge in [-0.3, -0.25) is 4.79 Å². The minimum absolute atomic E-state index is 0.0256. The average Bonchev–Trinajstić information content (AvgIpc) is 2.20. The number of carbonyl (C=O) groups excluding carboxylic acids is 1. The van der Waals surface area contributed by atoms with E-state index in [2.05, 4.69) is 10.1 Å². The summed E-state index contributed by atoms with van der Waals surface area (Å²) in [6.07, 6.45) is 0. The van der Waals surface area contributed by atoms with E-state index in [-0.39, 0.29) is 5.75 Å². The Kier molecular flexibility index (Phi) is 4.24. The van der Waals surface area contributed by atoms with Crippen LogP contribution in [0.4, 0.5) is 14.5 Å². The summed E-state index contributed by atoms with van der Waals surface area (Å²) in [5, 5.41) is 2.53. The fraction of sp³-hybridized carbons (Fsp3) is 0.417. The zero-order valence-electron chi connectivity index (χ0n) is 10.5. The lowest BCUT2D eigenvalue weighted by Crippen LogP contribution is -2.45. The van der Waals surface area contributed by atoms with Gasteiger partial charge >= 0.3 is 6.61 Å². The third-order valence-electron chi connectivity index (χ3n) is 2.25. The fourth-order valence-electron chi connectivity index (χ4n) is 1.19. The molecule has 3 N–H and O–H groups in total. The van der Waals surface area contributed by atoms with Crippen LogP contribution in [0.1, 0.15) is 19.4 Å². The molecule has 18 heavy (non-hydrogen) atoms. The zero-order chi connectivity index (χ0) is 13.9. The van der Waals surface area contributed by atoms with Crippen LogP contribution in [-0.4, -0.2) is 18.1 Å². The van der Waals surface area contributed by atoms with Crippen molar-refractivity contribution in [3.63, 3.8) is 0 Å². The molecule has 0 fully saturated rings. The van der Waals surface area contributed by atoms with Crippen LogP contribution >= 0.6 is 0 Å². The highest BCUT2D eigenvalue weighted by Crippen LogP contribution is 2.24. The second kappa shape index (κ2) is 5.30. The van der Waals surface area contributed by atoms with E-state index in [1.807, 2.05) is 0 Å². The van der Waals surface area contributed by atoms with Crippen molar-refractivity contribution >= 4 is 11.6 Å². The predicted molar refractivity (Wildman–Crippen MR) is 64.7 cm³/mol. The smallest absolute Gasteiger partial charge is 0.387 e. The molecular formula is C12H16F2N2O2. The third-order valence-corrected chi connectivity index (χ3v) is 2.25. The molecule has 0 aromatic heterocycles. The lowest BCUT2D eigenvalue weighted by Gasteiger charge is -2.18. The number of rotatable bonds is 4. The van der Waals surface area contributed by atoms with Gasteiger partial charge < -0.3 is 15.8 Å². The number of alkyl halides is 2. The molecule has 0 radical (unpaired) electrons. The third kappa shape index (κ3) is 3.96. The number of nitrogens with two attached hydrogens (primary N) is 1. The van der Waals surface area contributed by atoms with Crippen LogP contribution in [0, 0.1) is 6.92 Å². The second-order valence-electron chi connectivity index (χ2n) is 4.53. The molecule has 1 amide bonds. The Hall–Kier alpha value is -1.69. The maximum atomic E-state index is 12.2. The monoisotopic (exact) mass is 258 g/mol. The number of hydrogen-bond acceptors (Lipinski definition) is 3. The number of aryl methyl sites for hydroxylation is 1. The molecule has 1 aromatic carbocycles. The van der Waals surface area contributed by atoms with Crippen molar-refractivity contribution in [3.05, 3.63) is 23.8 Å². The first-order valence-corrected chi connectivity index (χ1v) is 5.36. The van der Waals surface area contributed by atoms with Crippen LogP contribution in [0.5, 0.6) is 5.75 Å². The molecule has 0 heterocycles. The summed E-state index contributed by atoms with van der Waals surface area (Å²) in [7, 11) is 0. The van der Waals surface area contributed by atoms with E-state index in [9.17, 15) is 13.6 Å². The summed E-state index contributed by atoms with van der Waals surface area (Å²) >= 11 is 0. The molecule has 0 spiro atoms. The SMILES string of the molecule is Cc1ccc(NC(=O)C(C)(C)N)cc1OC(F)F. The van der Waals surface area contributed by atoms with Crippen molar-refractivity contribution in [3.8, 4) is 5.75 Å². The van der Waals surface area contributed by atoms with Crippen molar-refractivity contribution in [1.29, 1.82) is 0 Å². The topological polar surface area (TPSA) is 64.4 Å². The Bertz CT molecular complexity index is 442. The normalized spacial score (nSPS) is 11.5. The van der Waals surface area contributed by atoms with E-state index >= 15 is 0 Å². The maximum Gasteiger partial charge on any atom is 0.387 e. The molecule has 0 saturated carbocycles. The van der Waals surface area contributed by atoms with Gasteiger partial charge in [0.2, 0.25) is 5.91 Å². The molecule has 1 rings (SSSR count). The number of benzene rings is 1. The summed E-state index contributed by atoms with van der Waals surface area (Å²) in [5.41, 5.74) is 5.48. The predicted octanol–water partition coefficient (Wildman–Crippen LogP) is 2.27.